The number of halogens is 2. The Morgan fingerprint density at radius 2 is 1.64 bits per heavy atom. The molecule has 0 radical (unpaired) electrons. The van der Waals surface area contributed by atoms with Gasteiger partial charge < -0.3 is 5.32 Å². The summed E-state index contributed by atoms with van der Waals surface area (Å²) >= 11 is 5.89. The number of benzene rings is 3. The van der Waals surface area contributed by atoms with Gasteiger partial charge in [0.05, 0.1) is 12.1 Å². The number of nitrogens with one attached hydrogen (secondary N) is 1. The van der Waals surface area contributed by atoms with Crippen molar-refractivity contribution in [3.8, 4) is 0 Å². The lowest BCUT2D eigenvalue weighted by Crippen LogP contribution is -2.13. The predicted octanol–water partition coefficient (Wildman–Crippen LogP) is 5.46. The van der Waals surface area contributed by atoms with E-state index in [1.165, 1.54) is 0 Å². The van der Waals surface area contributed by atoms with Gasteiger partial charge in [0.25, 0.3) is 5.91 Å². The molecule has 6 heteroatoms. The van der Waals surface area contributed by atoms with Gasteiger partial charge in [-0.3, -0.25) is 9.48 Å². The Morgan fingerprint density at radius 3 is 2.36 bits per heavy atom. The highest BCUT2D eigenvalue weighted by Crippen LogP contribution is 2.24. The van der Waals surface area contributed by atoms with Gasteiger partial charge in [0.1, 0.15) is 6.67 Å². The van der Waals surface area contributed by atoms with E-state index in [9.17, 15) is 9.18 Å². The van der Waals surface area contributed by atoms with Crippen LogP contribution in [0.2, 0.25) is 5.02 Å². The molecule has 0 aliphatic rings. The van der Waals surface area contributed by atoms with Gasteiger partial charge in [0, 0.05) is 16.0 Å². The van der Waals surface area contributed by atoms with Crippen molar-refractivity contribution in [2.45, 2.75) is 13.2 Å². The van der Waals surface area contributed by atoms with Crippen LogP contribution in [0.4, 0.5) is 10.2 Å². The van der Waals surface area contributed by atoms with Gasteiger partial charge in [-0.1, -0.05) is 48.0 Å². The molecule has 28 heavy (non-hydrogen) atoms. The molecule has 4 nitrogen and oxygen atoms in total. The van der Waals surface area contributed by atoms with Crippen LogP contribution >= 0.6 is 11.6 Å². The highest BCUT2D eigenvalue weighted by molar-refractivity contribution is 6.30. The molecule has 0 aliphatic carbocycles. The van der Waals surface area contributed by atoms with Gasteiger partial charge in [0.15, 0.2) is 5.82 Å². The molecule has 4 aromatic rings. The highest BCUT2D eigenvalue weighted by Gasteiger charge is 2.14. The third-order valence-electron chi connectivity index (χ3n) is 4.51. The number of fused-ring (bicyclic) bond motifs is 1. The fraction of sp³-hybridized carbons (Fsp3) is 0.0909. The zero-order valence-electron chi connectivity index (χ0n) is 14.9. The van der Waals surface area contributed by atoms with Crippen molar-refractivity contribution in [3.63, 3.8) is 0 Å². The second kappa shape index (κ2) is 7.82. The number of hydrogen-bond donors (Lipinski definition) is 1. The van der Waals surface area contributed by atoms with Crippen LogP contribution in [-0.2, 0) is 13.2 Å². The molecule has 0 fully saturated rings. The predicted molar refractivity (Wildman–Crippen MR) is 109 cm³/mol. The van der Waals surface area contributed by atoms with Crippen LogP contribution in [0.25, 0.3) is 10.9 Å². The van der Waals surface area contributed by atoms with Crippen LogP contribution in [0.15, 0.2) is 72.8 Å². The Balaban J connectivity index is 1.64. The molecule has 0 unspecified atom stereocenters. The number of hydrogen-bond acceptors (Lipinski definition) is 2. The van der Waals surface area contributed by atoms with Crippen LogP contribution in [0.5, 0.6) is 0 Å². The summed E-state index contributed by atoms with van der Waals surface area (Å²) in [7, 11) is 0. The molecule has 0 spiro atoms. The van der Waals surface area contributed by atoms with Crippen LogP contribution < -0.4 is 5.32 Å². The van der Waals surface area contributed by atoms with Crippen molar-refractivity contribution < 1.29 is 9.18 Å². The molecule has 1 N–H and O–H groups in total. The molecule has 140 valence electrons. The zero-order valence-corrected chi connectivity index (χ0v) is 15.7. The molecule has 0 saturated heterocycles. The molecule has 3 aromatic carbocycles. The standard InChI is InChI=1S/C22H17ClFN3O/c23-18-11-9-17(10-12-18)22(28)25-21-19-3-1-2-4-20(19)27(26-21)14-16-7-5-15(13-24)6-8-16/h1-12H,13-14H2,(H,25,26,28). The first-order valence-corrected chi connectivity index (χ1v) is 9.18. The van der Waals surface area contributed by atoms with Crippen molar-refractivity contribution in [1.29, 1.82) is 0 Å². The van der Waals surface area contributed by atoms with Crippen molar-refractivity contribution in [1.82, 2.24) is 9.78 Å². The maximum atomic E-state index is 12.7. The van der Waals surface area contributed by atoms with E-state index in [0.717, 1.165) is 16.5 Å². The van der Waals surface area contributed by atoms with E-state index in [2.05, 4.69) is 10.4 Å². The molecule has 0 saturated carbocycles. The smallest absolute Gasteiger partial charge is 0.256 e. The first-order chi connectivity index (χ1) is 13.6. The van der Waals surface area contributed by atoms with Gasteiger partial charge in [-0.25, -0.2) is 4.39 Å². The van der Waals surface area contributed by atoms with Gasteiger partial charge >= 0.3 is 0 Å². The molecular formula is C22H17ClFN3O. The van der Waals surface area contributed by atoms with E-state index in [-0.39, 0.29) is 5.91 Å². The lowest BCUT2D eigenvalue weighted by Gasteiger charge is -2.05. The molecule has 1 heterocycles. The summed E-state index contributed by atoms with van der Waals surface area (Å²) < 4.78 is 14.5. The number of rotatable bonds is 5. The van der Waals surface area contributed by atoms with E-state index in [1.54, 1.807) is 36.4 Å². The molecule has 0 aliphatic heterocycles. The van der Waals surface area contributed by atoms with Crippen LogP contribution in [0.1, 0.15) is 21.5 Å². The third kappa shape index (κ3) is 3.75. The highest BCUT2D eigenvalue weighted by atomic mass is 35.5. The molecule has 1 amide bonds. The summed E-state index contributed by atoms with van der Waals surface area (Å²) in [5.74, 6) is 0.246. The maximum Gasteiger partial charge on any atom is 0.256 e. The Labute approximate surface area is 166 Å². The molecule has 4 rings (SSSR count). The van der Waals surface area contributed by atoms with Crippen LogP contribution in [0, 0.1) is 0 Å². The van der Waals surface area contributed by atoms with E-state index in [1.807, 2.05) is 41.1 Å². The molecular weight excluding hydrogens is 377 g/mol. The molecule has 0 bridgehead atoms. The lowest BCUT2D eigenvalue weighted by molar-refractivity contribution is 0.102. The fourth-order valence-corrected chi connectivity index (χ4v) is 3.15. The topological polar surface area (TPSA) is 46.9 Å². The monoisotopic (exact) mass is 393 g/mol. The Bertz CT molecular complexity index is 1120. The molecule has 1 aromatic heterocycles. The third-order valence-corrected chi connectivity index (χ3v) is 4.76. The number of alkyl halides is 1. The summed E-state index contributed by atoms with van der Waals surface area (Å²) in [5, 5.41) is 8.90. The second-order valence-corrected chi connectivity index (χ2v) is 6.87. The van der Waals surface area contributed by atoms with Gasteiger partial charge in [-0.15, -0.1) is 0 Å². The number of para-hydroxylation sites is 1. The van der Waals surface area contributed by atoms with Crippen LogP contribution in [-0.4, -0.2) is 15.7 Å². The number of aromatic nitrogens is 2. The van der Waals surface area contributed by atoms with Crippen LogP contribution in [0.3, 0.4) is 0 Å². The van der Waals surface area contributed by atoms with E-state index < -0.39 is 6.67 Å². The average molecular weight is 394 g/mol. The van der Waals surface area contributed by atoms with Crippen molar-refractivity contribution in [2.75, 3.05) is 5.32 Å². The Morgan fingerprint density at radius 1 is 0.964 bits per heavy atom. The van der Waals surface area contributed by atoms with E-state index >= 15 is 0 Å². The maximum absolute atomic E-state index is 12.7. The number of nitrogens with zero attached hydrogens (tertiary/aromatic N) is 2. The number of amides is 1. The minimum atomic E-state index is -0.480. The number of carbonyl (C=O) groups is 1. The normalized spacial score (nSPS) is 10.9. The Hall–Kier alpha value is -3.18. The van der Waals surface area contributed by atoms with Gasteiger partial charge in [-0.05, 0) is 47.5 Å². The first-order valence-electron chi connectivity index (χ1n) is 8.80. The summed E-state index contributed by atoms with van der Waals surface area (Å²) in [4.78, 5) is 12.6. The van der Waals surface area contributed by atoms with E-state index in [4.69, 9.17) is 11.6 Å². The van der Waals surface area contributed by atoms with Crippen molar-refractivity contribution in [2.24, 2.45) is 0 Å². The summed E-state index contributed by atoms with van der Waals surface area (Å²) in [5.41, 5.74) is 3.05. The SMILES string of the molecule is O=C(Nc1nn(Cc2ccc(CF)cc2)c2ccccc12)c1ccc(Cl)cc1. The summed E-state index contributed by atoms with van der Waals surface area (Å²) in [6.45, 7) is 0.0375. The Kier molecular flexibility index (Phi) is 5.08. The largest absolute Gasteiger partial charge is 0.305 e. The molecule has 0 atom stereocenters. The minimum Gasteiger partial charge on any atom is -0.305 e. The minimum absolute atomic E-state index is 0.251. The average Bonchev–Trinajstić information content (AvgIpc) is 3.06. The van der Waals surface area contributed by atoms with Crippen molar-refractivity contribution in [3.05, 3.63) is 94.5 Å². The summed E-state index contributed by atoms with van der Waals surface area (Å²) in [6.07, 6.45) is 0. The summed E-state index contributed by atoms with van der Waals surface area (Å²) in [6, 6.07) is 21.7. The zero-order chi connectivity index (χ0) is 19.5. The number of carbonyl (C=O) groups excluding carboxylic acids is 1. The number of anilines is 1. The quantitative estimate of drug-likeness (QED) is 0.489. The van der Waals surface area contributed by atoms with Gasteiger partial charge in [0.2, 0.25) is 0 Å². The fourth-order valence-electron chi connectivity index (χ4n) is 3.03. The second-order valence-electron chi connectivity index (χ2n) is 6.43. The lowest BCUT2D eigenvalue weighted by atomic mass is 10.1. The van der Waals surface area contributed by atoms with Gasteiger partial charge in [-0.2, -0.15) is 5.10 Å². The van der Waals surface area contributed by atoms with E-state index in [0.29, 0.717) is 28.5 Å². The van der Waals surface area contributed by atoms with Crippen molar-refractivity contribution >= 4 is 34.2 Å². The first kappa shape index (κ1) is 18.2.